The second kappa shape index (κ2) is 4.64. The van der Waals surface area contributed by atoms with Gasteiger partial charge in [-0.3, -0.25) is 19.4 Å². The van der Waals surface area contributed by atoms with Crippen LogP contribution in [0.3, 0.4) is 0 Å². The van der Waals surface area contributed by atoms with Crippen LogP contribution in [0.5, 0.6) is 0 Å². The van der Waals surface area contributed by atoms with Crippen molar-refractivity contribution in [2.45, 2.75) is 24.9 Å². The molecule has 1 aromatic rings. The van der Waals surface area contributed by atoms with Gasteiger partial charge in [0.25, 0.3) is 11.8 Å². The van der Waals surface area contributed by atoms with Crippen molar-refractivity contribution in [1.29, 1.82) is 0 Å². The summed E-state index contributed by atoms with van der Waals surface area (Å²) in [7, 11) is 0. The van der Waals surface area contributed by atoms with E-state index in [1.807, 2.05) is 0 Å². The smallest absolute Gasteiger partial charge is 0.261 e. The highest BCUT2D eigenvalue weighted by Crippen LogP contribution is 2.39. The minimum atomic E-state index is -0.155. The molecule has 2 bridgehead atoms. The Morgan fingerprint density at radius 3 is 2.29 bits per heavy atom. The summed E-state index contributed by atoms with van der Waals surface area (Å²) in [6.45, 7) is 2.49. The minimum Gasteiger partial charge on any atom is -0.326 e. The molecule has 2 saturated heterocycles. The van der Waals surface area contributed by atoms with E-state index >= 15 is 0 Å². The van der Waals surface area contributed by atoms with Gasteiger partial charge in [-0.1, -0.05) is 12.1 Å². The van der Waals surface area contributed by atoms with Gasteiger partial charge >= 0.3 is 0 Å². The van der Waals surface area contributed by atoms with E-state index in [-0.39, 0.29) is 11.8 Å². The minimum absolute atomic E-state index is 0.155. The lowest BCUT2D eigenvalue weighted by Crippen LogP contribution is -2.49. The van der Waals surface area contributed by atoms with E-state index in [1.54, 1.807) is 24.3 Å². The number of amides is 2. The maximum atomic E-state index is 12.2. The standard InChI is InChI=1S/C16H19N3O2/c17-14-10-8-13(14)18(9-10)6-3-7-19-15(20)11-4-1-2-5-12(11)16(19)21/h1-2,4-5,10,13-14H,3,6-9,17H2. The van der Waals surface area contributed by atoms with Crippen LogP contribution in [0, 0.1) is 5.92 Å². The Morgan fingerprint density at radius 2 is 1.76 bits per heavy atom. The van der Waals surface area contributed by atoms with Gasteiger partial charge in [-0.05, 0) is 30.9 Å². The van der Waals surface area contributed by atoms with Crippen molar-refractivity contribution in [2.24, 2.45) is 11.7 Å². The summed E-state index contributed by atoms with van der Waals surface area (Å²) >= 11 is 0. The maximum absolute atomic E-state index is 12.2. The first-order valence-electron chi connectivity index (χ1n) is 7.61. The van der Waals surface area contributed by atoms with Crippen LogP contribution in [0.25, 0.3) is 0 Å². The zero-order valence-corrected chi connectivity index (χ0v) is 11.9. The molecular weight excluding hydrogens is 266 g/mol. The zero-order chi connectivity index (χ0) is 14.6. The Hall–Kier alpha value is -1.72. The van der Waals surface area contributed by atoms with Gasteiger partial charge in [0.2, 0.25) is 0 Å². The number of carbonyl (C=O) groups is 2. The molecule has 0 aromatic heterocycles. The molecule has 5 heteroatoms. The summed E-state index contributed by atoms with van der Waals surface area (Å²) in [4.78, 5) is 28.3. The van der Waals surface area contributed by atoms with Crippen molar-refractivity contribution >= 4 is 11.8 Å². The van der Waals surface area contributed by atoms with Gasteiger partial charge in [-0.25, -0.2) is 0 Å². The van der Waals surface area contributed by atoms with Crippen LogP contribution in [0.1, 0.15) is 33.6 Å². The predicted molar refractivity (Wildman–Crippen MR) is 77.9 cm³/mol. The first-order valence-corrected chi connectivity index (χ1v) is 7.61. The van der Waals surface area contributed by atoms with E-state index in [2.05, 4.69) is 4.90 Å². The van der Waals surface area contributed by atoms with E-state index in [9.17, 15) is 9.59 Å². The van der Waals surface area contributed by atoms with Crippen LogP contribution < -0.4 is 5.73 Å². The highest BCUT2D eigenvalue weighted by Gasteiger charge is 2.49. The fourth-order valence-electron chi connectivity index (χ4n) is 3.90. The molecule has 3 unspecified atom stereocenters. The lowest BCUT2D eigenvalue weighted by atomic mass is 9.81. The summed E-state index contributed by atoms with van der Waals surface area (Å²) in [5.74, 6) is 0.352. The summed E-state index contributed by atoms with van der Waals surface area (Å²) in [5.41, 5.74) is 7.12. The third kappa shape index (κ3) is 1.84. The normalized spacial score (nSPS) is 30.7. The molecule has 3 fully saturated rings. The average Bonchev–Trinajstić information content (AvgIpc) is 3.13. The molecule has 1 saturated carbocycles. The van der Waals surface area contributed by atoms with Crippen molar-refractivity contribution in [3.63, 3.8) is 0 Å². The number of imide groups is 1. The van der Waals surface area contributed by atoms with Crippen LogP contribution in [0.15, 0.2) is 24.3 Å². The second-order valence-electron chi connectivity index (χ2n) is 6.30. The monoisotopic (exact) mass is 285 g/mol. The molecule has 5 rings (SSSR count). The number of fused-ring (bicyclic) bond motifs is 2. The molecule has 1 aromatic carbocycles. The Bertz CT molecular complexity index is 580. The molecule has 2 N–H and O–H groups in total. The molecule has 0 radical (unpaired) electrons. The van der Waals surface area contributed by atoms with Gasteiger partial charge in [-0.15, -0.1) is 0 Å². The van der Waals surface area contributed by atoms with Crippen molar-refractivity contribution in [3.8, 4) is 0 Å². The first kappa shape index (κ1) is 13.0. The number of hydrogen-bond donors (Lipinski definition) is 1. The molecule has 3 atom stereocenters. The summed E-state index contributed by atoms with van der Waals surface area (Å²) < 4.78 is 0. The highest BCUT2D eigenvalue weighted by molar-refractivity contribution is 6.21. The molecule has 3 heterocycles. The Balaban J connectivity index is 1.36. The fourth-order valence-corrected chi connectivity index (χ4v) is 3.90. The van der Waals surface area contributed by atoms with Gasteiger partial charge < -0.3 is 5.73 Å². The molecule has 0 spiro atoms. The second-order valence-corrected chi connectivity index (χ2v) is 6.30. The summed E-state index contributed by atoms with van der Waals surface area (Å²) in [6, 6.07) is 7.91. The average molecular weight is 285 g/mol. The van der Waals surface area contributed by atoms with E-state index < -0.39 is 0 Å². The SMILES string of the molecule is NC1C2CC1N(CCCN1C(=O)c3ccccc3C1=O)C2. The van der Waals surface area contributed by atoms with Gasteiger partial charge in [0.05, 0.1) is 11.1 Å². The number of benzene rings is 1. The molecule has 3 aliphatic heterocycles. The van der Waals surface area contributed by atoms with Crippen LogP contribution in [-0.2, 0) is 0 Å². The predicted octanol–water partition coefficient (Wildman–Crippen LogP) is 0.704. The van der Waals surface area contributed by atoms with Crippen molar-refractivity contribution in [1.82, 2.24) is 9.80 Å². The lowest BCUT2D eigenvalue weighted by molar-refractivity contribution is 0.0646. The third-order valence-corrected chi connectivity index (χ3v) is 5.18. The van der Waals surface area contributed by atoms with E-state index in [4.69, 9.17) is 5.73 Å². The van der Waals surface area contributed by atoms with Gasteiger partial charge in [-0.2, -0.15) is 0 Å². The van der Waals surface area contributed by atoms with Crippen molar-refractivity contribution in [3.05, 3.63) is 35.4 Å². The number of hydrogen-bond acceptors (Lipinski definition) is 4. The Morgan fingerprint density at radius 1 is 1.10 bits per heavy atom. The van der Waals surface area contributed by atoms with E-state index in [1.165, 1.54) is 11.3 Å². The van der Waals surface area contributed by atoms with Crippen LogP contribution in [0.4, 0.5) is 0 Å². The first-order chi connectivity index (χ1) is 10.2. The molecule has 110 valence electrons. The highest BCUT2D eigenvalue weighted by atomic mass is 16.2. The summed E-state index contributed by atoms with van der Waals surface area (Å²) in [6.07, 6.45) is 2.04. The number of carbonyl (C=O) groups excluding carboxylic acids is 2. The lowest BCUT2D eigenvalue weighted by Gasteiger charge is -2.33. The fraction of sp³-hybridized carbons (Fsp3) is 0.500. The molecule has 5 nitrogen and oxygen atoms in total. The van der Waals surface area contributed by atoms with Crippen LogP contribution in [-0.4, -0.2) is 53.3 Å². The molecular formula is C16H19N3O2. The van der Waals surface area contributed by atoms with Crippen molar-refractivity contribution in [2.75, 3.05) is 19.6 Å². The number of nitrogens with two attached hydrogens (primary N) is 1. The van der Waals surface area contributed by atoms with E-state index in [0.717, 1.165) is 19.5 Å². The maximum Gasteiger partial charge on any atom is 0.261 e. The molecule has 4 aliphatic rings. The Labute approximate surface area is 123 Å². The number of nitrogens with zero attached hydrogens (tertiary/aromatic N) is 2. The van der Waals surface area contributed by atoms with Crippen molar-refractivity contribution < 1.29 is 9.59 Å². The van der Waals surface area contributed by atoms with Gasteiger partial charge in [0.1, 0.15) is 0 Å². The third-order valence-electron chi connectivity index (χ3n) is 5.18. The van der Waals surface area contributed by atoms with Gasteiger partial charge in [0.15, 0.2) is 0 Å². The van der Waals surface area contributed by atoms with Gasteiger partial charge in [0, 0.05) is 31.7 Å². The molecule has 21 heavy (non-hydrogen) atoms. The van der Waals surface area contributed by atoms with Crippen LogP contribution >= 0.6 is 0 Å². The number of rotatable bonds is 4. The largest absolute Gasteiger partial charge is 0.326 e. The van der Waals surface area contributed by atoms with Crippen LogP contribution in [0.2, 0.25) is 0 Å². The Kier molecular flexibility index (Phi) is 2.87. The molecule has 2 amide bonds. The van der Waals surface area contributed by atoms with E-state index in [0.29, 0.717) is 35.7 Å². The summed E-state index contributed by atoms with van der Waals surface area (Å²) in [5, 5.41) is 0. The zero-order valence-electron chi connectivity index (χ0n) is 11.9. The molecule has 1 aliphatic carbocycles. The topological polar surface area (TPSA) is 66.6 Å². The quantitative estimate of drug-likeness (QED) is 0.827.